The third-order valence-corrected chi connectivity index (χ3v) is 2.56. The Morgan fingerprint density at radius 1 is 1.62 bits per heavy atom. The molecule has 0 radical (unpaired) electrons. The number of nitrogens with zero attached hydrogens (tertiary/aromatic N) is 1. The predicted molar refractivity (Wildman–Crippen MR) is 51.2 cm³/mol. The Hall–Kier alpha value is -0.590. The third kappa shape index (κ3) is 3.75. The SMILES string of the molecule is CNC(C)(C#N)COCCC1CC1. The molecule has 0 saturated heterocycles. The van der Waals surface area contributed by atoms with Crippen molar-refractivity contribution >= 4 is 0 Å². The van der Waals surface area contributed by atoms with Gasteiger partial charge in [-0.05, 0) is 26.3 Å². The van der Waals surface area contributed by atoms with E-state index in [-0.39, 0.29) is 0 Å². The van der Waals surface area contributed by atoms with E-state index in [1.807, 2.05) is 6.92 Å². The van der Waals surface area contributed by atoms with Crippen molar-refractivity contribution in [1.29, 1.82) is 5.26 Å². The van der Waals surface area contributed by atoms with Crippen LogP contribution in [-0.4, -0.2) is 25.8 Å². The third-order valence-electron chi connectivity index (χ3n) is 2.56. The molecular formula is C10H18N2O. The van der Waals surface area contributed by atoms with Crippen molar-refractivity contribution in [3.8, 4) is 6.07 Å². The monoisotopic (exact) mass is 182 g/mol. The van der Waals surface area contributed by atoms with E-state index in [1.165, 1.54) is 12.8 Å². The van der Waals surface area contributed by atoms with Gasteiger partial charge in [-0.3, -0.25) is 0 Å². The molecule has 0 aromatic heterocycles. The van der Waals surface area contributed by atoms with Gasteiger partial charge in [0, 0.05) is 6.61 Å². The lowest BCUT2D eigenvalue weighted by Crippen LogP contribution is -2.42. The van der Waals surface area contributed by atoms with Crippen LogP contribution in [0.15, 0.2) is 0 Å². The lowest BCUT2D eigenvalue weighted by atomic mass is 10.1. The summed E-state index contributed by atoms with van der Waals surface area (Å²) in [5, 5.41) is 11.8. The summed E-state index contributed by atoms with van der Waals surface area (Å²) in [4.78, 5) is 0. The van der Waals surface area contributed by atoms with Gasteiger partial charge in [0.1, 0.15) is 5.54 Å². The van der Waals surface area contributed by atoms with Gasteiger partial charge >= 0.3 is 0 Å². The van der Waals surface area contributed by atoms with Gasteiger partial charge in [-0.25, -0.2) is 0 Å². The maximum atomic E-state index is 8.81. The van der Waals surface area contributed by atoms with Crippen molar-refractivity contribution in [3.05, 3.63) is 0 Å². The van der Waals surface area contributed by atoms with E-state index in [2.05, 4.69) is 11.4 Å². The number of nitriles is 1. The highest BCUT2D eigenvalue weighted by atomic mass is 16.5. The average molecular weight is 182 g/mol. The van der Waals surface area contributed by atoms with E-state index in [0.717, 1.165) is 18.9 Å². The molecule has 0 aliphatic heterocycles. The normalized spacial score (nSPS) is 20.7. The molecule has 1 saturated carbocycles. The molecule has 74 valence electrons. The molecule has 1 N–H and O–H groups in total. The van der Waals surface area contributed by atoms with Crippen molar-refractivity contribution in [3.63, 3.8) is 0 Å². The molecule has 0 heterocycles. The van der Waals surface area contributed by atoms with Crippen LogP contribution in [0.3, 0.4) is 0 Å². The van der Waals surface area contributed by atoms with E-state index in [1.54, 1.807) is 7.05 Å². The molecule has 0 amide bonds. The van der Waals surface area contributed by atoms with Crippen LogP contribution in [0, 0.1) is 17.2 Å². The number of likely N-dealkylation sites (N-methyl/N-ethyl adjacent to an activating group) is 1. The Bertz CT molecular complexity index is 196. The lowest BCUT2D eigenvalue weighted by molar-refractivity contribution is 0.0935. The lowest BCUT2D eigenvalue weighted by Gasteiger charge is -2.20. The van der Waals surface area contributed by atoms with E-state index in [4.69, 9.17) is 10.00 Å². The van der Waals surface area contributed by atoms with Crippen molar-refractivity contribution in [2.45, 2.75) is 31.7 Å². The van der Waals surface area contributed by atoms with E-state index in [0.29, 0.717) is 6.61 Å². The highest BCUT2D eigenvalue weighted by Crippen LogP contribution is 2.32. The second kappa shape index (κ2) is 4.59. The minimum Gasteiger partial charge on any atom is -0.378 e. The van der Waals surface area contributed by atoms with E-state index in [9.17, 15) is 0 Å². The number of hydrogen-bond acceptors (Lipinski definition) is 3. The molecule has 0 aromatic carbocycles. The molecule has 0 spiro atoms. The summed E-state index contributed by atoms with van der Waals surface area (Å²) < 4.78 is 5.45. The zero-order chi connectivity index (χ0) is 9.73. The van der Waals surface area contributed by atoms with Gasteiger partial charge in [0.25, 0.3) is 0 Å². The molecule has 0 aromatic rings. The van der Waals surface area contributed by atoms with Crippen LogP contribution >= 0.6 is 0 Å². The van der Waals surface area contributed by atoms with Crippen molar-refractivity contribution in [1.82, 2.24) is 5.32 Å². The molecule has 3 nitrogen and oxygen atoms in total. The first-order valence-electron chi connectivity index (χ1n) is 4.88. The van der Waals surface area contributed by atoms with Crippen LogP contribution in [0.2, 0.25) is 0 Å². The largest absolute Gasteiger partial charge is 0.378 e. The molecule has 13 heavy (non-hydrogen) atoms. The van der Waals surface area contributed by atoms with E-state index >= 15 is 0 Å². The molecule has 1 atom stereocenters. The van der Waals surface area contributed by atoms with Gasteiger partial charge in [0.15, 0.2) is 0 Å². The molecule has 3 heteroatoms. The van der Waals surface area contributed by atoms with Crippen molar-refractivity contribution in [2.24, 2.45) is 5.92 Å². The Balaban J connectivity index is 2.05. The maximum absolute atomic E-state index is 8.81. The molecule has 1 unspecified atom stereocenters. The quantitative estimate of drug-likeness (QED) is 0.630. The van der Waals surface area contributed by atoms with Crippen LogP contribution in [0.4, 0.5) is 0 Å². The Kier molecular flexibility index (Phi) is 3.71. The first-order chi connectivity index (χ1) is 6.20. The fraction of sp³-hybridized carbons (Fsp3) is 0.900. The predicted octanol–water partition coefficient (Wildman–Crippen LogP) is 1.30. The number of ether oxygens (including phenoxy) is 1. The maximum Gasteiger partial charge on any atom is 0.127 e. The smallest absolute Gasteiger partial charge is 0.127 e. The molecule has 1 aliphatic rings. The van der Waals surface area contributed by atoms with Crippen LogP contribution in [0.25, 0.3) is 0 Å². The Morgan fingerprint density at radius 2 is 2.31 bits per heavy atom. The van der Waals surface area contributed by atoms with Crippen LogP contribution < -0.4 is 5.32 Å². The summed E-state index contributed by atoms with van der Waals surface area (Å²) in [6.45, 7) is 3.13. The van der Waals surface area contributed by atoms with Crippen LogP contribution in [0.1, 0.15) is 26.2 Å². The fourth-order valence-electron chi connectivity index (χ4n) is 1.09. The topological polar surface area (TPSA) is 45.0 Å². The summed E-state index contributed by atoms with van der Waals surface area (Å²) in [6.07, 6.45) is 3.89. The average Bonchev–Trinajstić information content (AvgIpc) is 2.96. The summed E-state index contributed by atoms with van der Waals surface area (Å²) in [5.41, 5.74) is -0.524. The standard InChI is InChI=1S/C10H18N2O/c1-10(7-11,12-2)8-13-6-5-9-3-4-9/h9,12H,3-6,8H2,1-2H3. The van der Waals surface area contributed by atoms with Gasteiger partial charge in [0.05, 0.1) is 12.7 Å². The first kappa shape index (κ1) is 10.5. The number of rotatable bonds is 6. The van der Waals surface area contributed by atoms with Gasteiger partial charge in [-0.1, -0.05) is 12.8 Å². The molecule has 1 rings (SSSR count). The zero-order valence-corrected chi connectivity index (χ0v) is 8.47. The second-order valence-electron chi connectivity index (χ2n) is 3.98. The van der Waals surface area contributed by atoms with Gasteiger partial charge in [-0.2, -0.15) is 5.26 Å². The van der Waals surface area contributed by atoms with Crippen LogP contribution in [-0.2, 0) is 4.74 Å². The van der Waals surface area contributed by atoms with Crippen LogP contribution in [0.5, 0.6) is 0 Å². The number of hydrogen-bond donors (Lipinski definition) is 1. The highest BCUT2D eigenvalue weighted by Gasteiger charge is 2.23. The van der Waals surface area contributed by atoms with Gasteiger partial charge in [0.2, 0.25) is 0 Å². The highest BCUT2D eigenvalue weighted by molar-refractivity contribution is 5.02. The Morgan fingerprint density at radius 3 is 2.77 bits per heavy atom. The summed E-state index contributed by atoms with van der Waals surface area (Å²) in [7, 11) is 1.79. The fourth-order valence-corrected chi connectivity index (χ4v) is 1.09. The van der Waals surface area contributed by atoms with Crippen molar-refractivity contribution < 1.29 is 4.74 Å². The van der Waals surface area contributed by atoms with E-state index < -0.39 is 5.54 Å². The summed E-state index contributed by atoms with van der Waals surface area (Å²) >= 11 is 0. The zero-order valence-electron chi connectivity index (χ0n) is 8.47. The molecule has 0 bridgehead atoms. The van der Waals surface area contributed by atoms with Crippen molar-refractivity contribution in [2.75, 3.05) is 20.3 Å². The van der Waals surface area contributed by atoms with Gasteiger partial charge in [-0.15, -0.1) is 0 Å². The number of nitrogens with one attached hydrogen (secondary N) is 1. The molecular weight excluding hydrogens is 164 g/mol. The minimum absolute atomic E-state index is 0.479. The summed E-state index contributed by atoms with van der Waals surface area (Å²) in [5.74, 6) is 0.905. The summed E-state index contributed by atoms with van der Waals surface area (Å²) in [6, 6.07) is 2.20. The minimum atomic E-state index is -0.524. The molecule has 1 fully saturated rings. The van der Waals surface area contributed by atoms with Gasteiger partial charge < -0.3 is 10.1 Å². The Labute approximate surface area is 80.1 Å². The first-order valence-corrected chi connectivity index (χ1v) is 4.88. The molecule has 1 aliphatic carbocycles. The second-order valence-corrected chi connectivity index (χ2v) is 3.98.